The van der Waals surface area contributed by atoms with Crippen LogP contribution in [-0.2, 0) is 0 Å². The summed E-state index contributed by atoms with van der Waals surface area (Å²) in [6.07, 6.45) is 1.11. The van der Waals surface area contributed by atoms with Gasteiger partial charge in [0.15, 0.2) is 0 Å². The summed E-state index contributed by atoms with van der Waals surface area (Å²) in [5, 5.41) is 5.68. The normalized spacial score (nSPS) is 13.8. The highest BCUT2D eigenvalue weighted by atomic mass is 16.2. The molecule has 0 aliphatic heterocycles. The number of carbonyl (C=O) groups is 1. The van der Waals surface area contributed by atoms with Gasteiger partial charge in [-0.2, -0.15) is 0 Å². The van der Waals surface area contributed by atoms with Crippen LogP contribution in [0.4, 0.5) is 10.5 Å². The third-order valence-corrected chi connectivity index (χ3v) is 3.79. The first kappa shape index (κ1) is 17.5. The first-order chi connectivity index (χ1) is 9.93. The van der Waals surface area contributed by atoms with Crippen molar-refractivity contribution in [1.29, 1.82) is 0 Å². The second-order valence-electron chi connectivity index (χ2n) is 5.53. The molecule has 4 N–H and O–H groups in total. The average Bonchev–Trinajstić information content (AvgIpc) is 2.46. The molecule has 0 aliphatic carbocycles. The van der Waals surface area contributed by atoms with Crippen LogP contribution in [0.2, 0.25) is 0 Å². The number of anilines is 1. The molecule has 5 heteroatoms. The Balaban J connectivity index is 2.33. The van der Waals surface area contributed by atoms with E-state index < -0.39 is 0 Å². The topological polar surface area (TPSA) is 70.4 Å². The van der Waals surface area contributed by atoms with Crippen LogP contribution in [0.1, 0.15) is 38.8 Å². The van der Waals surface area contributed by atoms with Crippen LogP contribution in [0, 0.1) is 0 Å². The van der Waals surface area contributed by atoms with Crippen LogP contribution in [0.5, 0.6) is 0 Å². The lowest BCUT2D eigenvalue weighted by molar-refractivity contribution is 0.238. The summed E-state index contributed by atoms with van der Waals surface area (Å²) in [6, 6.07) is 7.94. The monoisotopic (exact) mass is 292 g/mol. The quantitative estimate of drug-likeness (QED) is 0.723. The van der Waals surface area contributed by atoms with Crippen molar-refractivity contribution in [3.63, 3.8) is 0 Å². The first-order valence-corrected chi connectivity index (χ1v) is 7.54. The van der Waals surface area contributed by atoms with Crippen LogP contribution in [0.25, 0.3) is 0 Å². The van der Waals surface area contributed by atoms with Crippen LogP contribution in [0.15, 0.2) is 24.3 Å². The minimum atomic E-state index is -0.180. The minimum absolute atomic E-state index is 0.00368. The van der Waals surface area contributed by atoms with Crippen molar-refractivity contribution in [2.24, 2.45) is 5.73 Å². The molecule has 5 nitrogen and oxygen atoms in total. The molecule has 1 rings (SSSR count). The second-order valence-corrected chi connectivity index (χ2v) is 5.53. The van der Waals surface area contributed by atoms with Crippen molar-refractivity contribution in [1.82, 2.24) is 10.2 Å². The Kier molecular flexibility index (Phi) is 7.19. The fourth-order valence-electron chi connectivity index (χ4n) is 1.92. The van der Waals surface area contributed by atoms with E-state index in [0.29, 0.717) is 12.6 Å². The minimum Gasteiger partial charge on any atom is -0.337 e. The second kappa shape index (κ2) is 8.64. The van der Waals surface area contributed by atoms with Gasteiger partial charge in [-0.1, -0.05) is 19.1 Å². The summed E-state index contributed by atoms with van der Waals surface area (Å²) in [5.74, 6) is 0. The summed E-state index contributed by atoms with van der Waals surface area (Å²) < 4.78 is 0. The van der Waals surface area contributed by atoms with Gasteiger partial charge in [0.05, 0.1) is 0 Å². The van der Waals surface area contributed by atoms with Crippen molar-refractivity contribution < 1.29 is 4.79 Å². The van der Waals surface area contributed by atoms with E-state index in [1.54, 1.807) is 0 Å². The van der Waals surface area contributed by atoms with Crippen LogP contribution < -0.4 is 16.4 Å². The first-order valence-electron chi connectivity index (χ1n) is 7.54. The Labute approximate surface area is 127 Å². The Hall–Kier alpha value is -1.59. The molecule has 2 atom stereocenters. The molecule has 0 aromatic heterocycles. The van der Waals surface area contributed by atoms with Crippen molar-refractivity contribution in [2.75, 3.05) is 25.5 Å². The molecule has 2 amide bonds. The number of nitrogens with one attached hydrogen (secondary N) is 2. The summed E-state index contributed by atoms with van der Waals surface area (Å²) in [5.41, 5.74) is 7.61. The van der Waals surface area contributed by atoms with Gasteiger partial charge in [0.1, 0.15) is 0 Å². The third kappa shape index (κ3) is 6.14. The van der Waals surface area contributed by atoms with Crippen molar-refractivity contribution in [2.45, 2.75) is 39.3 Å². The molecule has 0 aliphatic rings. The molecular formula is C16H28N4O. The van der Waals surface area contributed by atoms with E-state index in [-0.39, 0.29) is 12.1 Å². The Morgan fingerprint density at radius 2 is 1.90 bits per heavy atom. The van der Waals surface area contributed by atoms with Crippen LogP contribution >= 0.6 is 0 Å². The van der Waals surface area contributed by atoms with Gasteiger partial charge in [0.2, 0.25) is 0 Å². The highest BCUT2D eigenvalue weighted by molar-refractivity contribution is 5.89. The number of hydrogen-bond acceptors (Lipinski definition) is 3. The van der Waals surface area contributed by atoms with Gasteiger partial charge >= 0.3 is 6.03 Å². The maximum absolute atomic E-state index is 11.8. The van der Waals surface area contributed by atoms with Gasteiger partial charge < -0.3 is 21.3 Å². The van der Waals surface area contributed by atoms with Crippen molar-refractivity contribution in [3.05, 3.63) is 29.8 Å². The zero-order valence-corrected chi connectivity index (χ0v) is 13.5. The molecule has 118 valence electrons. The van der Waals surface area contributed by atoms with E-state index in [2.05, 4.69) is 36.4 Å². The standard InChI is InChI=1S/C16H28N4O/c1-5-12(2)20(4)11-10-18-16(21)19-15-8-6-14(7-9-15)13(3)17/h6-9,12-13H,5,10-11,17H2,1-4H3,(H2,18,19,21). The highest BCUT2D eigenvalue weighted by Gasteiger charge is 2.07. The molecule has 1 aromatic carbocycles. The molecule has 0 saturated carbocycles. The number of carbonyl (C=O) groups excluding carboxylic acids is 1. The number of amides is 2. The number of likely N-dealkylation sites (N-methyl/N-ethyl adjacent to an activating group) is 1. The molecule has 0 radical (unpaired) electrons. The van der Waals surface area contributed by atoms with E-state index in [1.807, 2.05) is 31.2 Å². The van der Waals surface area contributed by atoms with E-state index in [1.165, 1.54) is 0 Å². The molecule has 0 saturated heterocycles. The van der Waals surface area contributed by atoms with Gasteiger partial charge in [-0.05, 0) is 45.0 Å². The molecule has 21 heavy (non-hydrogen) atoms. The Morgan fingerprint density at radius 3 is 2.43 bits per heavy atom. The zero-order chi connectivity index (χ0) is 15.8. The predicted molar refractivity (Wildman–Crippen MR) is 88.4 cm³/mol. The number of nitrogens with zero attached hydrogens (tertiary/aromatic N) is 1. The van der Waals surface area contributed by atoms with Crippen LogP contribution in [0.3, 0.4) is 0 Å². The predicted octanol–water partition coefficient (Wildman–Crippen LogP) is 2.56. The summed E-state index contributed by atoms with van der Waals surface area (Å²) in [4.78, 5) is 14.0. The smallest absolute Gasteiger partial charge is 0.319 e. The number of rotatable bonds is 7. The largest absolute Gasteiger partial charge is 0.337 e. The van der Waals surface area contributed by atoms with Gasteiger partial charge in [-0.15, -0.1) is 0 Å². The fraction of sp³-hybridized carbons (Fsp3) is 0.562. The zero-order valence-electron chi connectivity index (χ0n) is 13.5. The van der Waals surface area contributed by atoms with Gasteiger partial charge in [-0.3, -0.25) is 0 Å². The maximum Gasteiger partial charge on any atom is 0.319 e. The van der Waals surface area contributed by atoms with Crippen molar-refractivity contribution in [3.8, 4) is 0 Å². The molecule has 0 spiro atoms. The molecule has 0 heterocycles. The molecule has 0 bridgehead atoms. The van der Waals surface area contributed by atoms with E-state index in [4.69, 9.17) is 5.73 Å². The van der Waals surface area contributed by atoms with Crippen molar-refractivity contribution >= 4 is 11.7 Å². The lowest BCUT2D eigenvalue weighted by Gasteiger charge is -2.23. The third-order valence-electron chi connectivity index (χ3n) is 3.79. The lowest BCUT2D eigenvalue weighted by atomic mass is 10.1. The molecule has 0 fully saturated rings. The average molecular weight is 292 g/mol. The molecular weight excluding hydrogens is 264 g/mol. The fourth-order valence-corrected chi connectivity index (χ4v) is 1.92. The molecule has 2 unspecified atom stereocenters. The summed E-state index contributed by atoms with van der Waals surface area (Å²) >= 11 is 0. The van der Waals surface area contributed by atoms with E-state index in [0.717, 1.165) is 24.2 Å². The Bertz CT molecular complexity index is 430. The molecule has 1 aromatic rings. The van der Waals surface area contributed by atoms with E-state index >= 15 is 0 Å². The highest BCUT2D eigenvalue weighted by Crippen LogP contribution is 2.13. The van der Waals surface area contributed by atoms with Crippen LogP contribution in [-0.4, -0.2) is 37.1 Å². The number of hydrogen-bond donors (Lipinski definition) is 3. The number of urea groups is 1. The van der Waals surface area contributed by atoms with E-state index in [9.17, 15) is 4.79 Å². The number of nitrogens with two attached hydrogens (primary N) is 1. The summed E-state index contributed by atoms with van der Waals surface area (Å²) in [7, 11) is 2.07. The van der Waals surface area contributed by atoms with Gasteiger partial charge in [0.25, 0.3) is 0 Å². The van der Waals surface area contributed by atoms with Gasteiger partial charge in [0, 0.05) is 30.9 Å². The summed E-state index contributed by atoms with van der Waals surface area (Å²) in [6.45, 7) is 7.74. The number of benzene rings is 1. The lowest BCUT2D eigenvalue weighted by Crippen LogP contribution is -2.38. The van der Waals surface area contributed by atoms with Gasteiger partial charge in [-0.25, -0.2) is 4.79 Å². The maximum atomic E-state index is 11.8. The SMILES string of the molecule is CCC(C)N(C)CCNC(=O)Nc1ccc(C(C)N)cc1. The Morgan fingerprint density at radius 1 is 1.29 bits per heavy atom.